The van der Waals surface area contributed by atoms with Crippen LogP contribution >= 0.6 is 24.8 Å². The summed E-state index contributed by atoms with van der Waals surface area (Å²) < 4.78 is 26.8. The van der Waals surface area contributed by atoms with Crippen molar-refractivity contribution in [3.05, 3.63) is 29.3 Å². The smallest absolute Gasteiger partial charge is 0.200 e. The van der Waals surface area contributed by atoms with Crippen molar-refractivity contribution in [2.45, 2.75) is 26.3 Å². The zero-order valence-corrected chi connectivity index (χ0v) is 14.4. The van der Waals surface area contributed by atoms with Crippen LogP contribution in [0.4, 0.5) is 8.78 Å². The maximum atomic E-state index is 13.6. The van der Waals surface area contributed by atoms with Crippen molar-refractivity contribution in [1.82, 2.24) is 10.2 Å². The average Bonchev–Trinajstić information content (AvgIpc) is 2.44. The second kappa shape index (κ2) is 9.50. The van der Waals surface area contributed by atoms with Gasteiger partial charge in [-0.3, -0.25) is 4.90 Å². The highest BCUT2D eigenvalue weighted by atomic mass is 35.5. The third kappa shape index (κ3) is 4.95. The zero-order valence-electron chi connectivity index (χ0n) is 12.8. The van der Waals surface area contributed by atoms with E-state index in [0.29, 0.717) is 11.5 Å². The van der Waals surface area contributed by atoms with Gasteiger partial charge in [-0.15, -0.1) is 24.8 Å². The van der Waals surface area contributed by atoms with E-state index in [1.807, 2.05) is 0 Å². The Kier molecular flexibility index (Phi) is 9.24. The third-order valence-electron chi connectivity index (χ3n) is 3.75. The van der Waals surface area contributed by atoms with E-state index in [-0.39, 0.29) is 30.9 Å². The van der Waals surface area contributed by atoms with Crippen molar-refractivity contribution < 1.29 is 13.9 Å². The van der Waals surface area contributed by atoms with Crippen LogP contribution in [0.2, 0.25) is 0 Å². The summed E-state index contributed by atoms with van der Waals surface area (Å²) >= 11 is 0. The molecule has 0 spiro atoms. The van der Waals surface area contributed by atoms with Crippen molar-refractivity contribution in [2.24, 2.45) is 5.92 Å². The molecule has 7 heteroatoms. The number of nitrogens with zero attached hydrogens (tertiary/aromatic N) is 1. The molecule has 0 aromatic heterocycles. The van der Waals surface area contributed by atoms with Gasteiger partial charge in [0, 0.05) is 37.8 Å². The third-order valence-corrected chi connectivity index (χ3v) is 3.75. The highest BCUT2D eigenvalue weighted by Gasteiger charge is 2.27. The Bertz CT molecular complexity index is 469. The molecule has 1 aromatic carbocycles. The minimum Gasteiger partial charge on any atom is -0.505 e. The first-order valence-electron chi connectivity index (χ1n) is 7.12. The maximum absolute atomic E-state index is 13.6. The highest BCUT2D eigenvalue weighted by Crippen LogP contribution is 2.35. The second-order valence-corrected chi connectivity index (χ2v) is 5.73. The lowest BCUT2D eigenvalue weighted by molar-refractivity contribution is 0.151. The minimum atomic E-state index is -1.15. The molecule has 0 unspecified atom stereocenters. The van der Waals surface area contributed by atoms with Gasteiger partial charge < -0.3 is 10.4 Å². The summed E-state index contributed by atoms with van der Waals surface area (Å²) in [5.74, 6) is -2.29. The Labute approximate surface area is 142 Å². The van der Waals surface area contributed by atoms with Gasteiger partial charge in [-0.25, -0.2) is 4.39 Å². The van der Waals surface area contributed by atoms with Crippen molar-refractivity contribution >= 4 is 24.8 Å². The molecular weight excluding hydrogens is 333 g/mol. The molecule has 3 nitrogen and oxygen atoms in total. The zero-order chi connectivity index (χ0) is 14.7. The van der Waals surface area contributed by atoms with E-state index in [1.165, 1.54) is 6.07 Å². The summed E-state index contributed by atoms with van der Waals surface area (Å²) in [6.45, 7) is 7.61. The summed E-state index contributed by atoms with van der Waals surface area (Å²) in [6, 6.07) is 2.52. The van der Waals surface area contributed by atoms with Crippen LogP contribution in [0.25, 0.3) is 0 Å². The van der Waals surface area contributed by atoms with Crippen LogP contribution in [0.15, 0.2) is 12.1 Å². The number of aromatic hydroxyl groups is 1. The lowest BCUT2D eigenvalue weighted by Gasteiger charge is -2.36. The van der Waals surface area contributed by atoms with Gasteiger partial charge in [-0.05, 0) is 18.4 Å². The van der Waals surface area contributed by atoms with Crippen molar-refractivity contribution in [3.63, 3.8) is 0 Å². The van der Waals surface area contributed by atoms with E-state index >= 15 is 0 Å². The number of nitrogens with one attached hydrogen (secondary N) is 1. The molecule has 0 bridgehead atoms. The standard InChI is InChI=1S/C15H22F2N2O.2ClH/c1-10(2)9-13(19-7-5-18-6-8-19)11-3-4-12(16)14(17)15(11)20;;/h3-4,10,13,18,20H,5-9H2,1-2H3;2*1H/t13-;;/m1../s1. The predicted octanol–water partition coefficient (Wildman–Crippen LogP) is 3.51. The number of phenolic OH excluding ortho intramolecular Hbond substituents is 1. The molecule has 1 atom stereocenters. The predicted molar refractivity (Wildman–Crippen MR) is 89.2 cm³/mol. The minimum absolute atomic E-state index is 0. The van der Waals surface area contributed by atoms with Gasteiger partial charge in [-0.1, -0.05) is 19.9 Å². The van der Waals surface area contributed by atoms with Crippen LogP contribution in [-0.2, 0) is 0 Å². The number of hydrogen-bond acceptors (Lipinski definition) is 3. The Morgan fingerprint density at radius 3 is 2.32 bits per heavy atom. The monoisotopic (exact) mass is 356 g/mol. The first-order valence-corrected chi connectivity index (χ1v) is 7.12. The van der Waals surface area contributed by atoms with Gasteiger partial charge in [0.2, 0.25) is 5.82 Å². The second-order valence-electron chi connectivity index (χ2n) is 5.73. The van der Waals surface area contributed by atoms with Crippen molar-refractivity contribution in [1.29, 1.82) is 0 Å². The molecule has 22 heavy (non-hydrogen) atoms. The average molecular weight is 357 g/mol. The van der Waals surface area contributed by atoms with E-state index in [1.54, 1.807) is 0 Å². The van der Waals surface area contributed by atoms with E-state index < -0.39 is 17.4 Å². The molecule has 1 saturated heterocycles. The van der Waals surface area contributed by atoms with Gasteiger partial charge in [0.05, 0.1) is 0 Å². The number of rotatable bonds is 4. The molecule has 0 amide bonds. The van der Waals surface area contributed by atoms with Crippen LogP contribution in [-0.4, -0.2) is 36.2 Å². The van der Waals surface area contributed by atoms with E-state index in [9.17, 15) is 13.9 Å². The van der Waals surface area contributed by atoms with E-state index in [0.717, 1.165) is 38.7 Å². The van der Waals surface area contributed by atoms with Crippen LogP contribution in [0.1, 0.15) is 31.9 Å². The Morgan fingerprint density at radius 2 is 1.77 bits per heavy atom. The fourth-order valence-corrected chi connectivity index (χ4v) is 2.74. The fourth-order valence-electron chi connectivity index (χ4n) is 2.74. The van der Waals surface area contributed by atoms with Gasteiger partial charge in [0.1, 0.15) is 0 Å². The van der Waals surface area contributed by atoms with Crippen LogP contribution in [0.3, 0.4) is 0 Å². The molecular formula is C15H24Cl2F2N2O. The van der Waals surface area contributed by atoms with Crippen molar-refractivity contribution in [2.75, 3.05) is 26.2 Å². The molecule has 0 radical (unpaired) electrons. The Hall–Kier alpha value is -0.620. The first-order chi connectivity index (χ1) is 9.50. The number of phenols is 1. The number of halogens is 4. The summed E-state index contributed by atoms with van der Waals surface area (Å²) in [5, 5.41) is 13.2. The molecule has 128 valence electrons. The number of benzene rings is 1. The lowest BCUT2D eigenvalue weighted by atomic mass is 9.94. The van der Waals surface area contributed by atoms with Crippen LogP contribution < -0.4 is 5.32 Å². The molecule has 1 fully saturated rings. The SMILES string of the molecule is CC(C)C[C@H](c1ccc(F)c(F)c1O)N1CCNCC1.Cl.Cl. The molecule has 1 aliphatic heterocycles. The first kappa shape index (κ1) is 21.4. The van der Waals surface area contributed by atoms with E-state index in [2.05, 4.69) is 24.1 Å². The van der Waals surface area contributed by atoms with Crippen LogP contribution in [0, 0.1) is 17.6 Å². The summed E-state index contributed by atoms with van der Waals surface area (Å²) in [5.41, 5.74) is 0.486. The quantitative estimate of drug-likeness (QED) is 0.866. The summed E-state index contributed by atoms with van der Waals surface area (Å²) in [7, 11) is 0. The van der Waals surface area contributed by atoms with E-state index in [4.69, 9.17) is 0 Å². The largest absolute Gasteiger partial charge is 0.505 e. The van der Waals surface area contributed by atoms with Gasteiger partial charge in [0.15, 0.2) is 11.6 Å². The Balaban J connectivity index is 0.00000220. The topological polar surface area (TPSA) is 35.5 Å². The van der Waals surface area contributed by atoms with Gasteiger partial charge in [-0.2, -0.15) is 4.39 Å². The molecule has 1 heterocycles. The molecule has 2 rings (SSSR count). The molecule has 1 aliphatic rings. The van der Waals surface area contributed by atoms with Gasteiger partial charge >= 0.3 is 0 Å². The van der Waals surface area contributed by atoms with Crippen molar-refractivity contribution in [3.8, 4) is 5.75 Å². The molecule has 0 saturated carbocycles. The van der Waals surface area contributed by atoms with Crippen LogP contribution in [0.5, 0.6) is 5.75 Å². The molecule has 0 aliphatic carbocycles. The molecule has 2 N–H and O–H groups in total. The number of hydrogen-bond donors (Lipinski definition) is 2. The Morgan fingerprint density at radius 1 is 1.18 bits per heavy atom. The normalized spacial score (nSPS) is 16.8. The maximum Gasteiger partial charge on any atom is 0.200 e. The fraction of sp³-hybridized carbons (Fsp3) is 0.600. The molecule has 1 aromatic rings. The summed E-state index contributed by atoms with van der Waals surface area (Å²) in [4.78, 5) is 2.23. The number of piperazine rings is 1. The summed E-state index contributed by atoms with van der Waals surface area (Å²) in [6.07, 6.45) is 0.804. The van der Waals surface area contributed by atoms with Gasteiger partial charge in [0.25, 0.3) is 0 Å². The lowest BCUT2D eigenvalue weighted by Crippen LogP contribution is -2.45. The highest BCUT2D eigenvalue weighted by molar-refractivity contribution is 5.85.